The van der Waals surface area contributed by atoms with Gasteiger partial charge in [0.15, 0.2) is 0 Å². The predicted octanol–water partition coefficient (Wildman–Crippen LogP) is 5.37. The molecule has 1 amide bonds. The van der Waals surface area contributed by atoms with Crippen LogP contribution >= 0.6 is 7.26 Å². The molecular formula is C30H32NO2P. The number of aryl methyl sites for hydroxylation is 2. The van der Waals surface area contributed by atoms with Crippen LogP contribution in [0.25, 0.3) is 0 Å². The maximum absolute atomic E-state index is 14.0. The molecule has 0 radical (unpaired) electrons. The van der Waals surface area contributed by atoms with Gasteiger partial charge in [0, 0.05) is 0 Å². The molecular weight excluding hydrogens is 437 g/mol. The molecule has 0 aliphatic carbocycles. The van der Waals surface area contributed by atoms with E-state index >= 15 is 0 Å². The van der Waals surface area contributed by atoms with E-state index in [1.165, 1.54) is 15.9 Å². The van der Waals surface area contributed by atoms with E-state index in [0.29, 0.717) is 0 Å². The monoisotopic (exact) mass is 469 g/mol. The molecule has 0 saturated heterocycles. The molecule has 0 bridgehead atoms. The summed E-state index contributed by atoms with van der Waals surface area (Å²) in [5, 5.41) is 6.95. The van der Waals surface area contributed by atoms with Gasteiger partial charge in [-0.25, -0.2) is 0 Å². The van der Waals surface area contributed by atoms with Gasteiger partial charge in [-0.15, -0.1) is 0 Å². The fraction of sp³-hybridized carbons (Fsp3) is 0.167. The van der Waals surface area contributed by atoms with E-state index in [0.717, 1.165) is 22.6 Å². The Kier molecular flexibility index (Phi) is 7.14. The molecule has 4 aromatic carbocycles. The molecule has 0 fully saturated rings. The summed E-state index contributed by atoms with van der Waals surface area (Å²) in [5.74, 6) is 0.821. The molecule has 3 nitrogen and oxygen atoms in total. The molecule has 0 heterocycles. The summed E-state index contributed by atoms with van der Waals surface area (Å²) in [7, 11) is -1.07. The average molecular weight is 470 g/mol. The summed E-state index contributed by atoms with van der Waals surface area (Å²) >= 11 is 0. The van der Waals surface area contributed by atoms with Crippen molar-refractivity contribution in [2.45, 2.75) is 26.4 Å². The molecule has 174 valence electrons. The van der Waals surface area contributed by atoms with Crippen LogP contribution in [0.1, 0.15) is 18.1 Å². The Bertz CT molecular complexity index is 1140. The Morgan fingerprint density at radius 1 is 0.735 bits per heavy atom. The Morgan fingerprint density at radius 2 is 1.12 bits per heavy atom. The second kappa shape index (κ2) is 10.2. The van der Waals surface area contributed by atoms with Crippen molar-refractivity contribution in [3.8, 4) is 5.75 Å². The number of amides is 1. The van der Waals surface area contributed by atoms with Crippen LogP contribution in [0.2, 0.25) is 0 Å². The van der Waals surface area contributed by atoms with Crippen molar-refractivity contribution in [3.05, 3.63) is 114 Å². The van der Waals surface area contributed by atoms with Crippen LogP contribution in [0.15, 0.2) is 103 Å². The molecule has 4 aromatic rings. The van der Waals surface area contributed by atoms with Gasteiger partial charge in [-0.05, 0) is 0 Å². The minimum absolute atomic E-state index is 0.0274. The van der Waals surface area contributed by atoms with Crippen LogP contribution in [-0.2, 0) is 4.79 Å². The molecule has 0 aromatic heterocycles. The number of benzene rings is 4. The Balaban J connectivity index is 1.88. The molecule has 0 aliphatic heterocycles. The van der Waals surface area contributed by atoms with Crippen molar-refractivity contribution in [1.29, 1.82) is 0 Å². The van der Waals surface area contributed by atoms with Gasteiger partial charge in [-0.1, -0.05) is 0 Å². The standard InChI is InChI=1S/C30H32NO2P/c1-22-20-25(33-4)21-23(2)29(22)31-30(32)24(3)34(26-14-8-5-9-15-26,27-16-10-6-11-17-27)28-18-12-7-13-19-28/h5-21,24,34H,1-4H3,(H,31,32). The van der Waals surface area contributed by atoms with Gasteiger partial charge in [0.05, 0.1) is 0 Å². The maximum atomic E-state index is 14.0. The van der Waals surface area contributed by atoms with Crippen LogP contribution < -0.4 is 26.0 Å². The third-order valence-corrected chi connectivity index (χ3v) is 12.0. The van der Waals surface area contributed by atoms with Crippen LogP contribution in [0.4, 0.5) is 5.69 Å². The number of hydrogen-bond acceptors (Lipinski definition) is 2. The molecule has 1 N–H and O–H groups in total. The number of nitrogens with one attached hydrogen (secondary N) is 1. The number of methoxy groups -OCH3 is 1. The zero-order valence-electron chi connectivity index (χ0n) is 20.2. The van der Waals surface area contributed by atoms with Gasteiger partial charge in [0.25, 0.3) is 0 Å². The molecule has 4 heteroatoms. The summed E-state index contributed by atoms with van der Waals surface area (Å²) in [5.41, 5.74) is 2.57. The van der Waals surface area contributed by atoms with E-state index in [1.807, 2.05) is 44.2 Å². The number of rotatable bonds is 7. The van der Waals surface area contributed by atoms with Crippen molar-refractivity contribution in [2.24, 2.45) is 0 Å². The number of carbonyl (C=O) groups excluding carboxylic acids is 1. The van der Waals surface area contributed by atoms with E-state index in [9.17, 15) is 4.79 Å². The summed E-state index contributed by atoms with van der Waals surface area (Å²) < 4.78 is 5.41. The van der Waals surface area contributed by atoms with Crippen LogP contribution in [-0.4, -0.2) is 18.7 Å². The van der Waals surface area contributed by atoms with Crippen molar-refractivity contribution in [3.63, 3.8) is 0 Å². The van der Waals surface area contributed by atoms with Gasteiger partial charge < -0.3 is 0 Å². The van der Waals surface area contributed by atoms with Gasteiger partial charge >= 0.3 is 203 Å². The average Bonchev–Trinajstić information content (AvgIpc) is 2.88. The summed E-state index contributed by atoms with van der Waals surface area (Å²) in [6.07, 6.45) is 0. The van der Waals surface area contributed by atoms with E-state index in [2.05, 4.69) is 85.0 Å². The first-order chi connectivity index (χ1) is 16.5. The zero-order chi connectivity index (χ0) is 24.1. The quantitative estimate of drug-likeness (QED) is 0.370. The normalized spacial score (nSPS) is 12.6. The fourth-order valence-electron chi connectivity index (χ4n) is 5.02. The first kappa shape index (κ1) is 23.7. The first-order valence-electron chi connectivity index (χ1n) is 11.6. The van der Waals surface area contributed by atoms with Crippen LogP contribution in [0.5, 0.6) is 5.75 Å². The third kappa shape index (κ3) is 4.36. The summed E-state index contributed by atoms with van der Waals surface area (Å²) in [6, 6.07) is 35.6. The second-order valence-corrected chi connectivity index (χ2v) is 13.0. The molecule has 0 saturated carbocycles. The molecule has 0 aliphatic rings. The Hall–Kier alpha value is -3.42. The zero-order valence-corrected chi connectivity index (χ0v) is 21.2. The van der Waals surface area contributed by atoms with Crippen molar-refractivity contribution < 1.29 is 9.53 Å². The van der Waals surface area contributed by atoms with Crippen LogP contribution in [0, 0.1) is 13.8 Å². The number of hydrogen-bond donors (Lipinski definition) is 1. The molecule has 0 spiro atoms. The van der Waals surface area contributed by atoms with Crippen molar-refractivity contribution >= 4 is 34.8 Å². The van der Waals surface area contributed by atoms with Gasteiger partial charge in [-0.2, -0.15) is 0 Å². The van der Waals surface area contributed by atoms with Gasteiger partial charge in [0.1, 0.15) is 0 Å². The van der Waals surface area contributed by atoms with Gasteiger partial charge in [0.2, 0.25) is 0 Å². The SMILES string of the molecule is COc1cc(C)c(NC(=O)C(C)[PH](c2ccccc2)(c2ccccc2)c2ccccc2)c(C)c1. The Labute approximate surface area is 203 Å². The topological polar surface area (TPSA) is 38.3 Å². The number of ether oxygens (including phenoxy) is 1. The summed E-state index contributed by atoms with van der Waals surface area (Å²) in [6.45, 7) is 6.10. The van der Waals surface area contributed by atoms with Crippen LogP contribution in [0.3, 0.4) is 0 Å². The molecule has 1 atom stereocenters. The van der Waals surface area contributed by atoms with Crippen molar-refractivity contribution in [1.82, 2.24) is 0 Å². The first-order valence-corrected chi connectivity index (χ1v) is 13.7. The van der Waals surface area contributed by atoms with E-state index in [4.69, 9.17) is 4.74 Å². The van der Waals surface area contributed by atoms with Gasteiger partial charge in [-0.3, -0.25) is 0 Å². The molecule has 34 heavy (non-hydrogen) atoms. The van der Waals surface area contributed by atoms with E-state index in [-0.39, 0.29) is 11.6 Å². The number of carbonyl (C=O) groups is 1. The molecule has 4 rings (SSSR count). The third-order valence-electron chi connectivity index (χ3n) is 6.72. The van der Waals surface area contributed by atoms with Crippen molar-refractivity contribution in [2.75, 3.05) is 12.4 Å². The van der Waals surface area contributed by atoms with E-state index < -0.39 is 7.26 Å². The second-order valence-electron chi connectivity index (χ2n) is 8.75. The Morgan fingerprint density at radius 3 is 1.47 bits per heavy atom. The minimum atomic E-state index is -2.73. The predicted molar refractivity (Wildman–Crippen MR) is 147 cm³/mol. The van der Waals surface area contributed by atoms with E-state index in [1.54, 1.807) is 7.11 Å². The fourth-order valence-corrected chi connectivity index (χ4v) is 10.1. The summed E-state index contributed by atoms with van der Waals surface area (Å²) in [4.78, 5) is 14.0. The molecule has 1 unspecified atom stereocenters. The number of anilines is 1.